The van der Waals surface area contributed by atoms with Gasteiger partial charge in [-0.2, -0.15) is 0 Å². The Morgan fingerprint density at radius 1 is 0.667 bits per heavy atom. The normalized spacial score (nSPS) is 12.3. The number of hydrogen-bond acceptors (Lipinski definition) is 0. The molecule has 0 saturated carbocycles. The second-order valence-corrected chi connectivity index (χ2v) is 4.79. The predicted octanol–water partition coefficient (Wildman–Crippen LogP) is 6.41. The Labute approximate surface area is 115 Å². The number of unbranched alkanes of at least 4 members (excludes halogenated alkanes) is 8. The molecular formula is C18H31. The van der Waals surface area contributed by atoms with Crippen LogP contribution in [0.5, 0.6) is 0 Å². The van der Waals surface area contributed by atoms with E-state index in [-0.39, 0.29) is 0 Å². The van der Waals surface area contributed by atoms with Gasteiger partial charge in [0, 0.05) is 0 Å². The van der Waals surface area contributed by atoms with Crippen LogP contribution in [0.25, 0.3) is 0 Å². The summed E-state index contributed by atoms with van der Waals surface area (Å²) in [6.07, 6.45) is 25.9. The molecule has 0 amide bonds. The van der Waals surface area contributed by atoms with Gasteiger partial charge >= 0.3 is 0 Å². The standard InChI is InChI=1S/C18H31/c1-3-5-7-9-11-13-15-17-18-16-14-12-10-8-6-4-2/h10,12,14,16-18H,1,3-9,11,13,15H2,2H3/b12-10-,16-14-,18-17-. The fourth-order valence-corrected chi connectivity index (χ4v) is 1.77. The third-order valence-corrected chi connectivity index (χ3v) is 2.95. The van der Waals surface area contributed by atoms with Gasteiger partial charge < -0.3 is 0 Å². The van der Waals surface area contributed by atoms with Crippen LogP contribution >= 0.6 is 0 Å². The van der Waals surface area contributed by atoms with Crippen LogP contribution in [0, 0.1) is 6.92 Å². The molecule has 0 aliphatic carbocycles. The molecule has 0 nitrogen and oxygen atoms in total. The van der Waals surface area contributed by atoms with Gasteiger partial charge in [-0.05, 0) is 19.3 Å². The molecule has 0 heterocycles. The molecule has 0 aromatic heterocycles. The molecule has 18 heavy (non-hydrogen) atoms. The van der Waals surface area contributed by atoms with Gasteiger partial charge in [-0.1, -0.05) is 95.2 Å². The molecule has 0 bridgehead atoms. The number of hydrogen-bond donors (Lipinski definition) is 0. The van der Waals surface area contributed by atoms with Crippen LogP contribution in [-0.2, 0) is 0 Å². The van der Waals surface area contributed by atoms with Crippen molar-refractivity contribution < 1.29 is 0 Å². The molecule has 0 spiro atoms. The lowest BCUT2D eigenvalue weighted by Gasteiger charge is -1.97. The molecular weight excluding hydrogens is 216 g/mol. The summed E-state index contributed by atoms with van der Waals surface area (Å²) in [6, 6.07) is 0. The molecule has 0 aromatic rings. The van der Waals surface area contributed by atoms with Crippen molar-refractivity contribution in [3.8, 4) is 0 Å². The largest absolute Gasteiger partial charge is 0.0845 e. The van der Waals surface area contributed by atoms with Crippen LogP contribution in [0.2, 0.25) is 0 Å². The molecule has 0 fully saturated rings. The van der Waals surface area contributed by atoms with Gasteiger partial charge in [-0.15, -0.1) is 0 Å². The van der Waals surface area contributed by atoms with Gasteiger partial charge in [0.05, 0.1) is 0 Å². The highest BCUT2D eigenvalue weighted by Gasteiger charge is 1.87. The second-order valence-electron chi connectivity index (χ2n) is 4.79. The third-order valence-electron chi connectivity index (χ3n) is 2.95. The summed E-state index contributed by atoms with van der Waals surface area (Å²) in [6.45, 7) is 6.09. The molecule has 0 rings (SSSR count). The van der Waals surface area contributed by atoms with Crippen molar-refractivity contribution in [2.75, 3.05) is 0 Å². The predicted molar refractivity (Wildman–Crippen MR) is 84.6 cm³/mol. The van der Waals surface area contributed by atoms with Crippen LogP contribution in [-0.4, -0.2) is 0 Å². The van der Waals surface area contributed by atoms with Crippen LogP contribution in [0.1, 0.15) is 71.1 Å². The van der Waals surface area contributed by atoms with E-state index in [1.807, 2.05) is 0 Å². The first-order valence-corrected chi connectivity index (χ1v) is 7.69. The molecule has 0 heteroatoms. The molecule has 103 valence electrons. The van der Waals surface area contributed by atoms with E-state index in [4.69, 9.17) is 0 Å². The van der Waals surface area contributed by atoms with Crippen molar-refractivity contribution >= 4 is 0 Å². The lowest BCUT2D eigenvalue weighted by Crippen LogP contribution is -1.77. The van der Waals surface area contributed by atoms with Crippen molar-refractivity contribution in [2.45, 2.75) is 71.1 Å². The van der Waals surface area contributed by atoms with E-state index in [1.165, 1.54) is 57.8 Å². The summed E-state index contributed by atoms with van der Waals surface area (Å²) in [7, 11) is 0. The highest BCUT2D eigenvalue weighted by atomic mass is 13.9. The maximum absolute atomic E-state index is 3.86. The summed E-state index contributed by atoms with van der Waals surface area (Å²) >= 11 is 0. The Bertz CT molecular complexity index is 220. The molecule has 0 atom stereocenters. The van der Waals surface area contributed by atoms with Crippen molar-refractivity contribution in [2.24, 2.45) is 0 Å². The summed E-state index contributed by atoms with van der Waals surface area (Å²) < 4.78 is 0. The Morgan fingerprint density at radius 2 is 1.22 bits per heavy atom. The van der Waals surface area contributed by atoms with Gasteiger partial charge in [-0.25, -0.2) is 0 Å². The monoisotopic (exact) mass is 247 g/mol. The van der Waals surface area contributed by atoms with Crippen LogP contribution in [0.3, 0.4) is 0 Å². The van der Waals surface area contributed by atoms with E-state index >= 15 is 0 Å². The SMILES string of the molecule is [CH2]CCCCCCC\C=C/C=C\C=C/CCCC. The van der Waals surface area contributed by atoms with Gasteiger partial charge in [0.2, 0.25) is 0 Å². The third kappa shape index (κ3) is 15.2. The Morgan fingerprint density at radius 3 is 1.83 bits per heavy atom. The van der Waals surface area contributed by atoms with E-state index in [0.29, 0.717) is 0 Å². The number of allylic oxidation sites excluding steroid dienone is 6. The molecule has 0 unspecified atom stereocenters. The maximum atomic E-state index is 3.86. The topological polar surface area (TPSA) is 0 Å². The minimum atomic E-state index is 1.09. The molecule has 0 aliphatic rings. The van der Waals surface area contributed by atoms with Crippen molar-refractivity contribution in [3.05, 3.63) is 43.4 Å². The molecule has 0 saturated heterocycles. The quantitative estimate of drug-likeness (QED) is 0.276. The molecule has 1 radical (unpaired) electrons. The zero-order chi connectivity index (χ0) is 13.3. The smallest absolute Gasteiger partial charge is 0.0348 e. The van der Waals surface area contributed by atoms with E-state index in [9.17, 15) is 0 Å². The van der Waals surface area contributed by atoms with Crippen molar-refractivity contribution in [1.29, 1.82) is 0 Å². The van der Waals surface area contributed by atoms with E-state index < -0.39 is 0 Å². The average Bonchev–Trinajstić information content (AvgIpc) is 2.39. The number of rotatable bonds is 12. The first kappa shape index (κ1) is 17.2. The van der Waals surface area contributed by atoms with Crippen molar-refractivity contribution in [1.82, 2.24) is 0 Å². The first-order chi connectivity index (χ1) is 8.91. The Balaban J connectivity index is 3.26. The maximum Gasteiger partial charge on any atom is -0.0348 e. The van der Waals surface area contributed by atoms with Gasteiger partial charge in [0.1, 0.15) is 0 Å². The summed E-state index contributed by atoms with van der Waals surface area (Å²) in [4.78, 5) is 0. The molecule has 0 N–H and O–H groups in total. The van der Waals surface area contributed by atoms with Crippen molar-refractivity contribution in [3.63, 3.8) is 0 Å². The summed E-state index contributed by atoms with van der Waals surface area (Å²) in [5.74, 6) is 0. The lowest BCUT2D eigenvalue weighted by molar-refractivity contribution is 0.621. The average molecular weight is 247 g/mol. The van der Waals surface area contributed by atoms with Gasteiger partial charge in [-0.3, -0.25) is 0 Å². The fourth-order valence-electron chi connectivity index (χ4n) is 1.77. The van der Waals surface area contributed by atoms with Crippen LogP contribution < -0.4 is 0 Å². The first-order valence-electron chi connectivity index (χ1n) is 7.69. The fraction of sp³-hybridized carbons (Fsp3) is 0.611. The van der Waals surface area contributed by atoms with Gasteiger partial charge in [0.25, 0.3) is 0 Å². The Kier molecular flexibility index (Phi) is 15.5. The van der Waals surface area contributed by atoms with E-state index in [0.717, 1.165) is 6.42 Å². The summed E-state index contributed by atoms with van der Waals surface area (Å²) in [5.41, 5.74) is 0. The van der Waals surface area contributed by atoms with E-state index in [2.05, 4.69) is 50.3 Å². The lowest BCUT2D eigenvalue weighted by atomic mass is 10.1. The van der Waals surface area contributed by atoms with Gasteiger partial charge in [0.15, 0.2) is 0 Å². The van der Waals surface area contributed by atoms with Crippen LogP contribution in [0.15, 0.2) is 36.5 Å². The minimum Gasteiger partial charge on any atom is -0.0845 e. The highest BCUT2D eigenvalue weighted by molar-refractivity contribution is 5.10. The van der Waals surface area contributed by atoms with Crippen LogP contribution in [0.4, 0.5) is 0 Å². The molecule has 0 aliphatic heterocycles. The zero-order valence-corrected chi connectivity index (χ0v) is 12.2. The zero-order valence-electron chi connectivity index (χ0n) is 12.2. The second kappa shape index (κ2) is 16.2. The molecule has 0 aromatic carbocycles. The van der Waals surface area contributed by atoms with E-state index in [1.54, 1.807) is 0 Å². The summed E-state index contributed by atoms with van der Waals surface area (Å²) in [5, 5.41) is 0. The Hall–Kier alpha value is -0.780. The highest BCUT2D eigenvalue weighted by Crippen LogP contribution is 2.06. The minimum absolute atomic E-state index is 1.09.